The number of benzene rings is 1. The zero-order valence-electron chi connectivity index (χ0n) is 12.1. The Labute approximate surface area is 132 Å². The minimum absolute atomic E-state index is 0.227. The highest BCUT2D eigenvalue weighted by atomic mass is 35.5. The number of carbonyl (C=O) groups excluding carboxylic acids is 2. The molecule has 6 nitrogen and oxygen atoms in total. The molecule has 1 aromatic carbocycles. The van der Waals surface area contributed by atoms with Crippen molar-refractivity contribution >= 4 is 34.8 Å². The highest BCUT2D eigenvalue weighted by Gasteiger charge is 2.46. The maximum Gasteiger partial charge on any atom is 0.249 e. The predicted octanol–water partition coefficient (Wildman–Crippen LogP) is 1.67. The number of hydrogen-bond acceptors (Lipinski definition) is 4. The lowest BCUT2D eigenvalue weighted by Crippen LogP contribution is -2.38. The summed E-state index contributed by atoms with van der Waals surface area (Å²) in [5.74, 6) is -1.98. The molecule has 2 aliphatic rings. The summed E-state index contributed by atoms with van der Waals surface area (Å²) in [6, 6.07) is 7.24. The average molecular weight is 319 g/mol. The second-order valence-electron chi connectivity index (χ2n) is 5.46. The highest BCUT2D eigenvalue weighted by molar-refractivity contribution is 6.31. The summed E-state index contributed by atoms with van der Waals surface area (Å²) in [6.45, 7) is 3.54. The molecule has 2 heterocycles. The Morgan fingerprint density at radius 3 is 1.91 bits per heavy atom. The topological polar surface area (TPSA) is 82.9 Å². The lowest BCUT2D eigenvalue weighted by Gasteiger charge is -2.27. The molecule has 2 N–H and O–H groups in total. The number of hydrogen-bond donors (Lipinski definition) is 2. The lowest BCUT2D eigenvalue weighted by atomic mass is 9.73. The van der Waals surface area contributed by atoms with E-state index in [-0.39, 0.29) is 11.8 Å². The summed E-state index contributed by atoms with van der Waals surface area (Å²) in [5.41, 5.74) is 6.98. The first-order valence-corrected chi connectivity index (χ1v) is 7.31. The number of hydrazone groups is 2. The van der Waals surface area contributed by atoms with Crippen LogP contribution < -0.4 is 10.9 Å². The Balaban J connectivity index is 2.13. The van der Waals surface area contributed by atoms with Crippen molar-refractivity contribution in [3.8, 4) is 0 Å². The highest BCUT2D eigenvalue weighted by Crippen LogP contribution is 2.40. The van der Waals surface area contributed by atoms with Crippen LogP contribution in [0, 0.1) is 11.8 Å². The monoisotopic (exact) mass is 318 g/mol. The normalized spacial score (nSPS) is 24.2. The molecular formula is C15H15ClN4O2. The van der Waals surface area contributed by atoms with Crippen LogP contribution in [0.2, 0.25) is 5.02 Å². The maximum absolute atomic E-state index is 12.2. The summed E-state index contributed by atoms with van der Waals surface area (Å²) < 4.78 is 0. The second-order valence-corrected chi connectivity index (χ2v) is 5.87. The van der Waals surface area contributed by atoms with Gasteiger partial charge in [0.15, 0.2) is 0 Å². The van der Waals surface area contributed by atoms with Gasteiger partial charge in [-0.25, -0.2) is 10.9 Å². The largest absolute Gasteiger partial charge is 0.272 e. The van der Waals surface area contributed by atoms with Gasteiger partial charge in [0.05, 0.1) is 11.8 Å². The van der Waals surface area contributed by atoms with E-state index in [1.165, 1.54) is 0 Å². The van der Waals surface area contributed by atoms with E-state index in [0.29, 0.717) is 16.4 Å². The molecule has 1 aromatic rings. The van der Waals surface area contributed by atoms with Crippen LogP contribution in [0.15, 0.2) is 34.5 Å². The predicted molar refractivity (Wildman–Crippen MR) is 83.7 cm³/mol. The smallest absolute Gasteiger partial charge is 0.249 e. The standard InChI is InChI=1S/C15H15ClN4O2/c1-7-11(14(21)19-17-7)13(9-5-3-4-6-10(9)16)12-8(2)18-20-15(12)22/h3-6,11-13H,1-2H3,(H,19,21)(H,20,22)/t11-,12-/m0/s1. The van der Waals surface area contributed by atoms with Gasteiger partial charge in [0.2, 0.25) is 11.8 Å². The Hall–Kier alpha value is -2.21. The van der Waals surface area contributed by atoms with E-state index in [2.05, 4.69) is 21.1 Å². The molecule has 22 heavy (non-hydrogen) atoms. The maximum atomic E-state index is 12.2. The lowest BCUT2D eigenvalue weighted by molar-refractivity contribution is -0.124. The van der Waals surface area contributed by atoms with Gasteiger partial charge in [-0.15, -0.1) is 0 Å². The summed E-state index contributed by atoms with van der Waals surface area (Å²) in [4.78, 5) is 24.5. The third-order valence-electron chi connectivity index (χ3n) is 4.13. The Kier molecular flexibility index (Phi) is 3.70. The average Bonchev–Trinajstić information content (AvgIpc) is 2.99. The fourth-order valence-electron chi connectivity index (χ4n) is 3.09. The van der Waals surface area contributed by atoms with E-state index < -0.39 is 17.8 Å². The number of rotatable bonds is 3. The summed E-state index contributed by atoms with van der Waals surface area (Å²) in [6.07, 6.45) is 0. The summed E-state index contributed by atoms with van der Waals surface area (Å²) in [5, 5.41) is 8.52. The molecular weight excluding hydrogens is 304 g/mol. The van der Waals surface area contributed by atoms with Crippen molar-refractivity contribution in [3.05, 3.63) is 34.9 Å². The van der Waals surface area contributed by atoms with E-state index in [1.54, 1.807) is 19.9 Å². The van der Waals surface area contributed by atoms with Crippen LogP contribution in [-0.4, -0.2) is 23.2 Å². The molecule has 0 saturated carbocycles. The number of amides is 2. The van der Waals surface area contributed by atoms with Gasteiger partial charge < -0.3 is 0 Å². The SMILES string of the molecule is CC1=NNC(=O)[C@@H]1C(c1ccccc1Cl)[C@H]1C(=O)NN=C1C. The fraction of sp³-hybridized carbons (Fsp3) is 0.333. The van der Waals surface area contributed by atoms with Gasteiger partial charge in [0, 0.05) is 22.4 Å². The first-order chi connectivity index (χ1) is 10.5. The van der Waals surface area contributed by atoms with E-state index in [4.69, 9.17) is 11.6 Å². The molecule has 7 heteroatoms. The summed E-state index contributed by atoms with van der Waals surface area (Å²) in [7, 11) is 0. The molecule has 0 aromatic heterocycles. The van der Waals surface area contributed by atoms with Gasteiger partial charge in [-0.05, 0) is 25.5 Å². The van der Waals surface area contributed by atoms with Crippen LogP contribution in [0.1, 0.15) is 25.3 Å². The third kappa shape index (κ3) is 2.29. The van der Waals surface area contributed by atoms with Crippen molar-refractivity contribution in [1.82, 2.24) is 10.9 Å². The van der Waals surface area contributed by atoms with Gasteiger partial charge >= 0.3 is 0 Å². The molecule has 0 aliphatic carbocycles. The molecule has 0 spiro atoms. The third-order valence-corrected chi connectivity index (χ3v) is 4.48. The summed E-state index contributed by atoms with van der Waals surface area (Å²) >= 11 is 6.32. The van der Waals surface area contributed by atoms with Crippen molar-refractivity contribution in [2.45, 2.75) is 19.8 Å². The Morgan fingerprint density at radius 1 is 1.00 bits per heavy atom. The number of nitrogens with one attached hydrogen (secondary N) is 2. The molecule has 0 fully saturated rings. The van der Waals surface area contributed by atoms with Crippen LogP contribution in [0.25, 0.3) is 0 Å². The molecule has 0 unspecified atom stereocenters. The molecule has 0 radical (unpaired) electrons. The van der Waals surface area contributed by atoms with Gasteiger partial charge in [-0.3, -0.25) is 9.59 Å². The van der Waals surface area contributed by atoms with Crippen molar-refractivity contribution in [2.75, 3.05) is 0 Å². The van der Waals surface area contributed by atoms with E-state index in [1.807, 2.05) is 18.2 Å². The van der Waals surface area contributed by atoms with Gasteiger partial charge in [0.1, 0.15) is 0 Å². The fourth-order valence-corrected chi connectivity index (χ4v) is 3.35. The van der Waals surface area contributed by atoms with Crippen molar-refractivity contribution in [2.24, 2.45) is 22.0 Å². The van der Waals surface area contributed by atoms with Gasteiger partial charge in [0.25, 0.3) is 0 Å². The van der Waals surface area contributed by atoms with Gasteiger partial charge in [-0.1, -0.05) is 29.8 Å². The second kappa shape index (κ2) is 5.53. The molecule has 0 bridgehead atoms. The number of halogens is 1. The zero-order chi connectivity index (χ0) is 15.9. The molecule has 0 saturated heterocycles. The first kappa shape index (κ1) is 14.7. The van der Waals surface area contributed by atoms with Crippen molar-refractivity contribution in [1.29, 1.82) is 0 Å². The van der Waals surface area contributed by atoms with E-state index in [9.17, 15) is 9.59 Å². The van der Waals surface area contributed by atoms with Crippen molar-refractivity contribution < 1.29 is 9.59 Å². The first-order valence-electron chi connectivity index (χ1n) is 6.93. The van der Waals surface area contributed by atoms with E-state index >= 15 is 0 Å². The molecule has 2 aliphatic heterocycles. The van der Waals surface area contributed by atoms with Crippen LogP contribution >= 0.6 is 11.6 Å². The zero-order valence-corrected chi connectivity index (χ0v) is 12.9. The molecule has 3 rings (SSSR count). The Bertz CT molecular complexity index is 675. The molecule has 2 amide bonds. The van der Waals surface area contributed by atoms with Crippen LogP contribution in [-0.2, 0) is 9.59 Å². The van der Waals surface area contributed by atoms with Crippen LogP contribution in [0.4, 0.5) is 0 Å². The van der Waals surface area contributed by atoms with E-state index in [0.717, 1.165) is 5.56 Å². The van der Waals surface area contributed by atoms with Crippen LogP contribution in [0.5, 0.6) is 0 Å². The number of nitrogens with zero attached hydrogens (tertiary/aromatic N) is 2. The van der Waals surface area contributed by atoms with Crippen LogP contribution in [0.3, 0.4) is 0 Å². The minimum atomic E-state index is -0.543. The van der Waals surface area contributed by atoms with Crippen molar-refractivity contribution in [3.63, 3.8) is 0 Å². The minimum Gasteiger partial charge on any atom is -0.272 e. The quantitative estimate of drug-likeness (QED) is 0.888. The Morgan fingerprint density at radius 2 is 1.50 bits per heavy atom. The van der Waals surface area contributed by atoms with Gasteiger partial charge in [-0.2, -0.15) is 10.2 Å². The molecule has 114 valence electrons. The molecule has 2 atom stereocenters. The number of carbonyl (C=O) groups is 2.